The van der Waals surface area contributed by atoms with Gasteiger partial charge >= 0.3 is 5.69 Å². The lowest BCUT2D eigenvalue weighted by atomic mass is 9.59. The fraction of sp³-hybridized carbons (Fsp3) is 0.521. The molecular weight excluding hydrogens is 817 g/mol. The maximum absolute atomic E-state index is 14.3. The van der Waals surface area contributed by atoms with Crippen molar-refractivity contribution in [3.8, 4) is 0 Å². The number of piperidine rings is 1. The Labute approximate surface area is 371 Å². The van der Waals surface area contributed by atoms with E-state index in [2.05, 4.69) is 80.2 Å². The molecule has 1 atom stereocenters. The first-order valence-electron chi connectivity index (χ1n) is 22.5. The highest BCUT2D eigenvalue weighted by molar-refractivity contribution is 7.91. The van der Waals surface area contributed by atoms with E-state index in [9.17, 15) is 28.4 Å². The van der Waals surface area contributed by atoms with Gasteiger partial charge in [-0.25, -0.2) is 13.4 Å². The van der Waals surface area contributed by atoms with E-state index in [1.54, 1.807) is 6.07 Å². The van der Waals surface area contributed by atoms with Crippen LogP contribution >= 0.6 is 0 Å². The number of benzene rings is 2. The van der Waals surface area contributed by atoms with E-state index in [-0.39, 0.29) is 33.7 Å². The Bertz CT molecular complexity index is 2430. The quantitative estimate of drug-likeness (QED) is 0.0893. The SMILES string of the molecule is Cc1cc(CN2CCN(C3CC4(CCN(c5ccc(C(N)=O)c(S(=O)(=O)c6cnc(NCC7CCC(C)(O)CC7)c([N+](=O)[O-])c6)c5)CC4)C3)[C@H](c3ccccc3C(C)C)C2)ccn1. The zero-order valence-corrected chi connectivity index (χ0v) is 37.8. The molecule has 2 aliphatic heterocycles. The third-order valence-electron chi connectivity index (χ3n) is 14.5. The summed E-state index contributed by atoms with van der Waals surface area (Å²) < 4.78 is 28.5. The summed E-state index contributed by atoms with van der Waals surface area (Å²) in [7, 11) is -4.46. The second kappa shape index (κ2) is 17.9. The van der Waals surface area contributed by atoms with Crippen LogP contribution in [0.3, 0.4) is 0 Å². The van der Waals surface area contributed by atoms with Crippen LogP contribution in [0.2, 0.25) is 0 Å². The van der Waals surface area contributed by atoms with Crippen LogP contribution in [0, 0.1) is 28.4 Å². The Hall–Kier alpha value is -4.96. The number of rotatable bonds is 13. The maximum Gasteiger partial charge on any atom is 0.312 e. The third kappa shape index (κ3) is 9.62. The molecule has 4 heterocycles. The Kier molecular flexibility index (Phi) is 12.7. The molecule has 4 aromatic rings. The lowest BCUT2D eigenvalue weighted by molar-refractivity contribution is -0.384. The topological polar surface area (TPSA) is 188 Å². The summed E-state index contributed by atoms with van der Waals surface area (Å²) in [5.74, 6) is -0.338. The van der Waals surface area contributed by atoms with Crippen LogP contribution in [0.1, 0.15) is 117 Å². The number of aryl methyl sites for hydroxylation is 1. The molecular formula is C48H62N8O6S. The predicted octanol–water partition coefficient (Wildman–Crippen LogP) is 7.41. The lowest BCUT2D eigenvalue weighted by Gasteiger charge is -2.58. The molecule has 2 aliphatic carbocycles. The molecule has 1 spiro atoms. The van der Waals surface area contributed by atoms with E-state index in [4.69, 9.17) is 5.73 Å². The molecule has 8 rings (SSSR count). The number of piperazine rings is 1. The molecule has 2 aromatic carbocycles. The van der Waals surface area contributed by atoms with E-state index in [1.165, 1.54) is 28.8 Å². The normalized spacial score (nSPS) is 23.4. The van der Waals surface area contributed by atoms with Gasteiger partial charge in [0.25, 0.3) is 0 Å². The number of anilines is 2. The third-order valence-corrected chi connectivity index (χ3v) is 16.2. The first kappa shape index (κ1) is 44.6. The molecule has 4 aliphatic rings. The van der Waals surface area contributed by atoms with Gasteiger partial charge in [-0.1, -0.05) is 38.1 Å². The van der Waals surface area contributed by atoms with Crippen molar-refractivity contribution in [2.45, 2.75) is 119 Å². The average molecular weight is 879 g/mol. The van der Waals surface area contributed by atoms with Crippen molar-refractivity contribution in [2.75, 3.05) is 49.5 Å². The Morgan fingerprint density at radius 1 is 1.00 bits per heavy atom. The number of carbonyl (C=O) groups is 1. The number of nitrogens with zero attached hydrogens (tertiary/aromatic N) is 6. The summed E-state index contributed by atoms with van der Waals surface area (Å²) in [5, 5.41) is 25.6. The molecule has 14 nitrogen and oxygen atoms in total. The monoisotopic (exact) mass is 878 g/mol. The molecule has 2 saturated carbocycles. The van der Waals surface area contributed by atoms with Crippen LogP contribution in [-0.4, -0.2) is 95.0 Å². The maximum atomic E-state index is 14.3. The fourth-order valence-electron chi connectivity index (χ4n) is 10.7. The first-order valence-corrected chi connectivity index (χ1v) is 24.0. The highest BCUT2D eigenvalue weighted by atomic mass is 32.2. The van der Waals surface area contributed by atoms with Crippen LogP contribution in [0.25, 0.3) is 0 Å². The van der Waals surface area contributed by atoms with Crippen molar-refractivity contribution in [3.05, 3.63) is 111 Å². The predicted molar refractivity (Wildman–Crippen MR) is 244 cm³/mol. The van der Waals surface area contributed by atoms with Crippen LogP contribution in [0.5, 0.6) is 0 Å². The number of carbonyl (C=O) groups excluding carboxylic acids is 1. The van der Waals surface area contributed by atoms with Crippen LogP contribution in [-0.2, 0) is 16.4 Å². The van der Waals surface area contributed by atoms with Gasteiger partial charge in [-0.05, 0) is 129 Å². The number of hydrogen-bond acceptors (Lipinski definition) is 12. The van der Waals surface area contributed by atoms with E-state index >= 15 is 0 Å². The molecule has 1 amide bonds. The Morgan fingerprint density at radius 3 is 2.41 bits per heavy atom. The molecule has 0 radical (unpaired) electrons. The van der Waals surface area contributed by atoms with Crippen molar-refractivity contribution in [1.82, 2.24) is 19.8 Å². The van der Waals surface area contributed by atoms with Crippen molar-refractivity contribution in [2.24, 2.45) is 17.1 Å². The van der Waals surface area contributed by atoms with E-state index in [0.717, 1.165) is 95.8 Å². The number of nitro groups is 1. The minimum Gasteiger partial charge on any atom is -0.390 e. The van der Waals surface area contributed by atoms with E-state index in [0.29, 0.717) is 37.0 Å². The van der Waals surface area contributed by atoms with Crippen LogP contribution < -0.4 is 16.0 Å². The number of hydrogen-bond donors (Lipinski definition) is 3. The molecule has 4 fully saturated rings. The summed E-state index contributed by atoms with van der Waals surface area (Å²) in [6, 6.07) is 19.7. The Balaban J connectivity index is 0.954. The molecule has 15 heteroatoms. The minimum atomic E-state index is -4.46. The van der Waals surface area contributed by atoms with Gasteiger partial charge in [0.1, 0.15) is 0 Å². The zero-order chi connectivity index (χ0) is 44.7. The standard InChI is InChI=1S/C48H62N8O6S/c1-32(2)39-7-5-6-8-40(39)43-31-53(30-35-13-18-50-33(3)23-35)21-22-55(43)37-26-48(27-37)16-19-54(20-17-48)36-9-10-41(45(49)57)44(24-36)63(61,62)38-25-42(56(59)60)46(52-29-38)51-28-34-11-14-47(4,58)15-12-34/h5-10,13,18,23-25,29,32,34,37,43,58H,11-12,14-17,19-22,26-28,30-31H2,1-4H3,(H2,49,57)(H,51,52)/t34?,43-,47?/m0/s1. The van der Waals surface area contributed by atoms with Gasteiger partial charge in [-0.15, -0.1) is 0 Å². The van der Waals surface area contributed by atoms with Gasteiger partial charge in [0.15, 0.2) is 0 Å². The highest BCUT2D eigenvalue weighted by Crippen LogP contribution is 2.53. The molecule has 336 valence electrons. The van der Waals surface area contributed by atoms with E-state index < -0.39 is 36.9 Å². The summed E-state index contributed by atoms with van der Waals surface area (Å²) in [6.45, 7) is 14.1. The van der Waals surface area contributed by atoms with Gasteiger partial charge < -0.3 is 21.1 Å². The molecule has 0 bridgehead atoms. The van der Waals surface area contributed by atoms with Crippen molar-refractivity contribution in [3.63, 3.8) is 0 Å². The lowest BCUT2D eigenvalue weighted by Crippen LogP contribution is -2.60. The van der Waals surface area contributed by atoms with Gasteiger partial charge in [0, 0.05) is 87.7 Å². The van der Waals surface area contributed by atoms with Gasteiger partial charge in [0.2, 0.25) is 21.6 Å². The minimum absolute atomic E-state index is 0.0325. The molecule has 2 saturated heterocycles. The molecule has 0 unspecified atom stereocenters. The second-order valence-electron chi connectivity index (χ2n) is 19.3. The molecule has 4 N–H and O–H groups in total. The highest BCUT2D eigenvalue weighted by Gasteiger charge is 2.50. The largest absolute Gasteiger partial charge is 0.390 e. The summed E-state index contributed by atoms with van der Waals surface area (Å²) in [4.78, 5) is 39.7. The molecule has 2 aromatic heterocycles. The van der Waals surface area contributed by atoms with Gasteiger partial charge in [-0.3, -0.25) is 29.7 Å². The van der Waals surface area contributed by atoms with Crippen LogP contribution in [0.4, 0.5) is 17.2 Å². The van der Waals surface area contributed by atoms with Crippen molar-refractivity contribution < 1.29 is 23.2 Å². The number of amides is 1. The fourth-order valence-corrected chi connectivity index (χ4v) is 12.1. The van der Waals surface area contributed by atoms with Gasteiger partial charge in [-0.2, -0.15) is 0 Å². The summed E-state index contributed by atoms with van der Waals surface area (Å²) in [5.41, 5.74) is 10.4. The first-order chi connectivity index (χ1) is 30.0. The number of primary amides is 1. The zero-order valence-electron chi connectivity index (χ0n) is 37.0. The van der Waals surface area contributed by atoms with Gasteiger partial charge in [0.05, 0.1) is 25.9 Å². The van der Waals surface area contributed by atoms with E-state index in [1.807, 2.05) is 20.0 Å². The number of pyridine rings is 2. The Morgan fingerprint density at radius 2 is 1.73 bits per heavy atom. The second-order valence-corrected chi connectivity index (χ2v) is 21.2. The number of aromatic nitrogens is 2. The number of aliphatic hydroxyl groups is 1. The smallest absolute Gasteiger partial charge is 0.312 e. The summed E-state index contributed by atoms with van der Waals surface area (Å²) >= 11 is 0. The van der Waals surface area contributed by atoms with Crippen LogP contribution in [0.15, 0.2) is 82.8 Å². The van der Waals surface area contributed by atoms with Crippen molar-refractivity contribution >= 4 is 32.9 Å². The number of nitrogens with two attached hydrogens (primary N) is 1. The number of nitrogens with one attached hydrogen (secondary N) is 1. The summed E-state index contributed by atoms with van der Waals surface area (Å²) in [6.07, 6.45) is 9.93. The van der Waals surface area contributed by atoms with Crippen molar-refractivity contribution in [1.29, 1.82) is 0 Å². The number of sulfone groups is 1. The molecule has 63 heavy (non-hydrogen) atoms. The average Bonchev–Trinajstić information content (AvgIpc) is 3.25.